The maximum Gasteiger partial charge on any atom is 0.0462 e. The fourth-order valence-corrected chi connectivity index (χ4v) is 2.01. The van der Waals surface area contributed by atoms with Gasteiger partial charge in [0.15, 0.2) is 0 Å². The van der Waals surface area contributed by atoms with Crippen molar-refractivity contribution in [3.63, 3.8) is 0 Å². The van der Waals surface area contributed by atoms with Gasteiger partial charge in [0.1, 0.15) is 0 Å². The Labute approximate surface area is 95.0 Å². The van der Waals surface area contributed by atoms with Gasteiger partial charge in [0.2, 0.25) is 0 Å². The summed E-state index contributed by atoms with van der Waals surface area (Å²) in [5.41, 5.74) is 6.07. The van der Waals surface area contributed by atoms with Gasteiger partial charge in [0.25, 0.3) is 0 Å². The lowest BCUT2D eigenvalue weighted by Gasteiger charge is -2.28. The standard InChI is InChI=1S/C12H28N2O/c1-5-12(6-2)14(3)10-11(13)8-7-9-15-4/h11-12H,5-10,13H2,1-4H3. The van der Waals surface area contributed by atoms with Crippen molar-refractivity contribution in [3.8, 4) is 0 Å². The highest BCUT2D eigenvalue weighted by Gasteiger charge is 2.13. The Morgan fingerprint density at radius 2 is 1.87 bits per heavy atom. The van der Waals surface area contributed by atoms with Gasteiger partial charge in [-0.1, -0.05) is 13.8 Å². The van der Waals surface area contributed by atoms with Crippen LogP contribution < -0.4 is 5.73 Å². The van der Waals surface area contributed by atoms with Gasteiger partial charge in [0.05, 0.1) is 0 Å². The highest BCUT2D eigenvalue weighted by atomic mass is 16.5. The van der Waals surface area contributed by atoms with Crippen molar-refractivity contribution in [3.05, 3.63) is 0 Å². The second kappa shape index (κ2) is 9.13. The number of nitrogens with zero attached hydrogens (tertiary/aromatic N) is 1. The Kier molecular flexibility index (Phi) is 9.06. The number of ether oxygens (including phenoxy) is 1. The van der Waals surface area contributed by atoms with Gasteiger partial charge in [-0.15, -0.1) is 0 Å². The van der Waals surface area contributed by atoms with Crippen LogP contribution in [-0.2, 0) is 4.74 Å². The summed E-state index contributed by atoms with van der Waals surface area (Å²) in [6.07, 6.45) is 4.53. The SMILES string of the molecule is CCC(CC)N(C)CC(N)CCCOC. The normalized spacial score (nSPS) is 13.8. The van der Waals surface area contributed by atoms with Crippen LogP contribution >= 0.6 is 0 Å². The second-order valence-corrected chi connectivity index (χ2v) is 4.31. The third-order valence-electron chi connectivity index (χ3n) is 3.01. The van der Waals surface area contributed by atoms with Crippen molar-refractivity contribution in [2.45, 2.75) is 51.6 Å². The Hall–Kier alpha value is -0.120. The zero-order valence-electron chi connectivity index (χ0n) is 10.8. The van der Waals surface area contributed by atoms with E-state index < -0.39 is 0 Å². The quantitative estimate of drug-likeness (QED) is 0.598. The third-order valence-corrected chi connectivity index (χ3v) is 3.01. The van der Waals surface area contributed by atoms with E-state index in [0.717, 1.165) is 26.0 Å². The van der Waals surface area contributed by atoms with Crippen LogP contribution in [0.1, 0.15) is 39.5 Å². The lowest BCUT2D eigenvalue weighted by Crippen LogP contribution is -2.40. The van der Waals surface area contributed by atoms with Crippen molar-refractivity contribution in [2.75, 3.05) is 27.3 Å². The number of hydrogen-bond donors (Lipinski definition) is 1. The molecular weight excluding hydrogens is 188 g/mol. The Bertz CT molecular complexity index is 138. The molecule has 2 N–H and O–H groups in total. The molecule has 0 rings (SSSR count). The Morgan fingerprint density at radius 1 is 1.27 bits per heavy atom. The molecule has 0 saturated carbocycles. The topological polar surface area (TPSA) is 38.5 Å². The van der Waals surface area contributed by atoms with Crippen molar-refractivity contribution in [1.82, 2.24) is 4.90 Å². The fraction of sp³-hybridized carbons (Fsp3) is 1.00. The molecular formula is C12H28N2O. The molecule has 0 saturated heterocycles. The van der Waals surface area contributed by atoms with E-state index in [-0.39, 0.29) is 6.04 Å². The molecule has 0 aliphatic carbocycles. The van der Waals surface area contributed by atoms with Gasteiger partial charge in [0, 0.05) is 32.3 Å². The lowest BCUT2D eigenvalue weighted by molar-refractivity contribution is 0.180. The molecule has 92 valence electrons. The van der Waals surface area contributed by atoms with E-state index in [1.54, 1.807) is 7.11 Å². The molecule has 3 nitrogen and oxygen atoms in total. The van der Waals surface area contributed by atoms with Crippen molar-refractivity contribution in [2.24, 2.45) is 5.73 Å². The molecule has 15 heavy (non-hydrogen) atoms. The molecule has 1 unspecified atom stereocenters. The summed E-state index contributed by atoms with van der Waals surface area (Å²) in [6.45, 7) is 6.29. The monoisotopic (exact) mass is 216 g/mol. The average molecular weight is 216 g/mol. The van der Waals surface area contributed by atoms with E-state index in [1.807, 2.05) is 0 Å². The number of methoxy groups -OCH3 is 1. The van der Waals surface area contributed by atoms with Crippen LogP contribution in [-0.4, -0.2) is 44.3 Å². The molecule has 0 aliphatic rings. The molecule has 0 radical (unpaired) electrons. The van der Waals surface area contributed by atoms with E-state index in [2.05, 4.69) is 25.8 Å². The molecule has 0 heterocycles. The summed E-state index contributed by atoms with van der Waals surface area (Å²) >= 11 is 0. The lowest BCUT2D eigenvalue weighted by atomic mass is 10.1. The smallest absolute Gasteiger partial charge is 0.0462 e. The maximum absolute atomic E-state index is 6.07. The van der Waals surface area contributed by atoms with E-state index in [0.29, 0.717) is 6.04 Å². The molecule has 0 aliphatic heterocycles. The van der Waals surface area contributed by atoms with E-state index >= 15 is 0 Å². The van der Waals surface area contributed by atoms with Crippen LogP contribution in [0.25, 0.3) is 0 Å². The maximum atomic E-state index is 6.07. The number of likely N-dealkylation sites (N-methyl/N-ethyl adjacent to an activating group) is 1. The number of rotatable bonds is 9. The number of hydrogen-bond acceptors (Lipinski definition) is 3. The van der Waals surface area contributed by atoms with Crippen molar-refractivity contribution < 1.29 is 4.74 Å². The summed E-state index contributed by atoms with van der Waals surface area (Å²) < 4.78 is 5.02. The van der Waals surface area contributed by atoms with Gasteiger partial charge < -0.3 is 15.4 Å². The van der Waals surface area contributed by atoms with Crippen LogP contribution in [0.3, 0.4) is 0 Å². The van der Waals surface area contributed by atoms with Crippen molar-refractivity contribution in [1.29, 1.82) is 0 Å². The molecule has 0 spiro atoms. The molecule has 0 aromatic carbocycles. The third kappa shape index (κ3) is 6.88. The molecule has 0 aromatic rings. The Morgan fingerprint density at radius 3 is 2.33 bits per heavy atom. The van der Waals surface area contributed by atoms with E-state index in [9.17, 15) is 0 Å². The molecule has 3 heteroatoms. The minimum absolute atomic E-state index is 0.283. The molecule has 0 aromatic heterocycles. The van der Waals surface area contributed by atoms with Gasteiger partial charge in [-0.05, 0) is 32.7 Å². The first-order chi connectivity index (χ1) is 7.15. The first-order valence-corrected chi connectivity index (χ1v) is 6.10. The summed E-state index contributed by atoms with van der Waals surface area (Å²) in [4.78, 5) is 2.39. The van der Waals surface area contributed by atoms with Gasteiger partial charge in [-0.2, -0.15) is 0 Å². The average Bonchev–Trinajstić information content (AvgIpc) is 2.20. The van der Waals surface area contributed by atoms with E-state index in [1.165, 1.54) is 12.8 Å². The van der Waals surface area contributed by atoms with Crippen molar-refractivity contribution >= 4 is 0 Å². The first-order valence-electron chi connectivity index (χ1n) is 6.10. The molecule has 0 fully saturated rings. The zero-order chi connectivity index (χ0) is 11.7. The Balaban J connectivity index is 3.68. The van der Waals surface area contributed by atoms with Gasteiger partial charge in [-0.25, -0.2) is 0 Å². The van der Waals surface area contributed by atoms with Crippen LogP contribution in [0, 0.1) is 0 Å². The predicted octanol–water partition coefficient (Wildman–Crippen LogP) is 1.86. The second-order valence-electron chi connectivity index (χ2n) is 4.31. The van der Waals surface area contributed by atoms with Crippen LogP contribution in [0.4, 0.5) is 0 Å². The summed E-state index contributed by atoms with van der Waals surface area (Å²) in [5.74, 6) is 0. The fourth-order valence-electron chi connectivity index (χ4n) is 2.01. The molecule has 0 amide bonds. The minimum atomic E-state index is 0.283. The minimum Gasteiger partial charge on any atom is -0.385 e. The predicted molar refractivity (Wildman–Crippen MR) is 66.1 cm³/mol. The highest BCUT2D eigenvalue weighted by Crippen LogP contribution is 2.07. The summed E-state index contributed by atoms with van der Waals surface area (Å²) in [6, 6.07) is 0.962. The summed E-state index contributed by atoms with van der Waals surface area (Å²) in [5, 5.41) is 0. The largest absolute Gasteiger partial charge is 0.385 e. The van der Waals surface area contributed by atoms with Crippen LogP contribution in [0.5, 0.6) is 0 Å². The van der Waals surface area contributed by atoms with Gasteiger partial charge >= 0.3 is 0 Å². The highest BCUT2D eigenvalue weighted by molar-refractivity contribution is 4.71. The van der Waals surface area contributed by atoms with Crippen LogP contribution in [0.15, 0.2) is 0 Å². The van der Waals surface area contributed by atoms with E-state index in [4.69, 9.17) is 10.5 Å². The molecule has 0 bridgehead atoms. The summed E-state index contributed by atoms with van der Waals surface area (Å²) in [7, 11) is 3.91. The first kappa shape index (κ1) is 14.9. The zero-order valence-corrected chi connectivity index (χ0v) is 10.8. The number of nitrogens with two attached hydrogens (primary N) is 1. The van der Waals surface area contributed by atoms with Gasteiger partial charge in [-0.3, -0.25) is 0 Å². The van der Waals surface area contributed by atoms with Crippen LogP contribution in [0.2, 0.25) is 0 Å². The molecule has 1 atom stereocenters.